The molecule has 0 saturated heterocycles. The summed E-state index contributed by atoms with van der Waals surface area (Å²) in [6.45, 7) is 3.01. The number of halogens is 2. The Hall–Kier alpha value is -0.330. The quantitative estimate of drug-likeness (QED) is 0.861. The molecule has 1 aromatic rings. The van der Waals surface area contributed by atoms with E-state index in [1.165, 1.54) is 13.8 Å². The maximum Gasteiger partial charge on any atom is 0.155 e. The largest absolute Gasteiger partial charge is 0.391 e. The number of nitrogens with two attached hydrogens (primary N) is 1. The number of sulfone groups is 1. The molecule has 0 aliphatic rings. The van der Waals surface area contributed by atoms with E-state index in [4.69, 9.17) is 28.9 Å². The van der Waals surface area contributed by atoms with Crippen molar-refractivity contribution in [3.05, 3.63) is 33.8 Å². The van der Waals surface area contributed by atoms with E-state index >= 15 is 0 Å². The van der Waals surface area contributed by atoms with Crippen LogP contribution in [-0.4, -0.2) is 37.2 Å². The number of aliphatic hydroxyl groups is 1. The van der Waals surface area contributed by atoms with Gasteiger partial charge in [-0.2, -0.15) is 0 Å². The van der Waals surface area contributed by atoms with Gasteiger partial charge in [0.05, 0.1) is 10.9 Å². The first-order valence-electron chi connectivity index (χ1n) is 6.05. The summed E-state index contributed by atoms with van der Waals surface area (Å²) in [5.74, 6) is -0.593. The molecule has 0 bridgehead atoms. The Bertz CT molecular complexity index is 587. The third kappa shape index (κ3) is 3.46. The Morgan fingerprint density at radius 2 is 1.90 bits per heavy atom. The SMILES string of the molecule is CC(C)(C(O)C(CN)c1ccc(Cl)cc1Cl)S(C)(=O)=O. The molecule has 0 spiro atoms. The Kier molecular flexibility index (Phi) is 5.49. The zero-order valence-corrected chi connectivity index (χ0v) is 13.9. The van der Waals surface area contributed by atoms with Gasteiger partial charge in [0, 0.05) is 28.8 Å². The predicted octanol–water partition coefficient (Wildman–Crippen LogP) is 2.22. The van der Waals surface area contributed by atoms with Crippen LogP contribution in [0.2, 0.25) is 10.0 Å². The van der Waals surface area contributed by atoms with Gasteiger partial charge in [-0.25, -0.2) is 8.42 Å². The van der Waals surface area contributed by atoms with E-state index in [-0.39, 0.29) is 6.54 Å². The molecule has 0 fully saturated rings. The van der Waals surface area contributed by atoms with Crippen molar-refractivity contribution < 1.29 is 13.5 Å². The van der Waals surface area contributed by atoms with Crippen LogP contribution in [0.15, 0.2) is 18.2 Å². The second-order valence-corrected chi connectivity index (χ2v) is 8.77. The molecule has 1 rings (SSSR count). The predicted molar refractivity (Wildman–Crippen MR) is 83.2 cm³/mol. The van der Waals surface area contributed by atoms with Crippen LogP contribution in [0.1, 0.15) is 25.3 Å². The minimum atomic E-state index is -3.46. The summed E-state index contributed by atoms with van der Waals surface area (Å²) < 4.78 is 22.3. The van der Waals surface area contributed by atoms with Crippen LogP contribution in [0.5, 0.6) is 0 Å². The molecule has 0 heterocycles. The fraction of sp³-hybridized carbons (Fsp3) is 0.538. The van der Waals surface area contributed by atoms with Gasteiger partial charge in [-0.3, -0.25) is 0 Å². The first-order chi connectivity index (χ1) is 9.02. The summed E-state index contributed by atoms with van der Waals surface area (Å²) in [6.07, 6.45) is -0.0889. The highest BCUT2D eigenvalue weighted by Crippen LogP contribution is 2.35. The van der Waals surface area contributed by atoms with Crippen molar-refractivity contribution in [1.82, 2.24) is 0 Å². The van der Waals surface area contributed by atoms with E-state index in [2.05, 4.69) is 0 Å². The van der Waals surface area contributed by atoms with E-state index < -0.39 is 26.6 Å². The van der Waals surface area contributed by atoms with Gasteiger partial charge in [0.1, 0.15) is 0 Å². The van der Waals surface area contributed by atoms with E-state index in [0.29, 0.717) is 15.6 Å². The van der Waals surface area contributed by atoms with Crippen molar-refractivity contribution in [2.75, 3.05) is 12.8 Å². The lowest BCUT2D eigenvalue weighted by atomic mass is 9.87. The Balaban J connectivity index is 3.26. The van der Waals surface area contributed by atoms with Crippen molar-refractivity contribution >= 4 is 33.0 Å². The molecule has 0 saturated carbocycles. The van der Waals surface area contributed by atoms with Crippen molar-refractivity contribution in [3.63, 3.8) is 0 Å². The minimum Gasteiger partial charge on any atom is -0.391 e. The zero-order chi connectivity index (χ0) is 15.7. The summed E-state index contributed by atoms with van der Waals surface area (Å²) in [6, 6.07) is 4.83. The Labute approximate surface area is 129 Å². The average molecular weight is 340 g/mol. The highest BCUT2D eigenvalue weighted by molar-refractivity contribution is 7.92. The van der Waals surface area contributed by atoms with Crippen LogP contribution in [0.3, 0.4) is 0 Å². The molecule has 0 radical (unpaired) electrons. The average Bonchev–Trinajstić information content (AvgIpc) is 2.30. The van der Waals surface area contributed by atoms with Crippen molar-refractivity contribution in [3.8, 4) is 0 Å². The van der Waals surface area contributed by atoms with E-state index in [1.54, 1.807) is 18.2 Å². The fourth-order valence-electron chi connectivity index (χ4n) is 1.93. The van der Waals surface area contributed by atoms with Crippen LogP contribution in [-0.2, 0) is 9.84 Å². The molecule has 114 valence electrons. The zero-order valence-electron chi connectivity index (χ0n) is 11.6. The van der Waals surface area contributed by atoms with Gasteiger partial charge in [-0.15, -0.1) is 0 Å². The van der Waals surface area contributed by atoms with Gasteiger partial charge in [0.25, 0.3) is 0 Å². The van der Waals surface area contributed by atoms with Gasteiger partial charge < -0.3 is 10.8 Å². The summed E-state index contributed by atoms with van der Waals surface area (Å²) in [5, 5.41) is 11.3. The second-order valence-electron chi connectivity index (χ2n) is 5.33. The molecule has 7 heteroatoms. The second kappa shape index (κ2) is 6.20. The third-order valence-corrected chi connectivity index (χ3v) is 6.38. The summed E-state index contributed by atoms with van der Waals surface area (Å²) in [5.41, 5.74) is 6.29. The lowest BCUT2D eigenvalue weighted by Gasteiger charge is -2.34. The Morgan fingerprint density at radius 3 is 2.30 bits per heavy atom. The molecule has 2 atom stereocenters. The lowest BCUT2D eigenvalue weighted by molar-refractivity contribution is 0.110. The molecular weight excluding hydrogens is 321 g/mol. The summed E-state index contributed by atoms with van der Waals surface area (Å²) >= 11 is 11.9. The van der Waals surface area contributed by atoms with Gasteiger partial charge in [0.15, 0.2) is 9.84 Å². The lowest BCUT2D eigenvalue weighted by Crippen LogP contribution is -2.48. The molecular formula is C13H19Cl2NO3S. The number of rotatable bonds is 5. The normalized spacial score (nSPS) is 15.9. The molecule has 2 unspecified atom stereocenters. The molecule has 1 aromatic carbocycles. The van der Waals surface area contributed by atoms with E-state index in [1.807, 2.05) is 0 Å². The first kappa shape index (κ1) is 17.7. The highest BCUT2D eigenvalue weighted by Gasteiger charge is 2.42. The summed E-state index contributed by atoms with van der Waals surface area (Å²) in [4.78, 5) is 0. The van der Waals surface area contributed by atoms with Crippen LogP contribution in [0.4, 0.5) is 0 Å². The molecule has 20 heavy (non-hydrogen) atoms. The molecule has 0 aliphatic carbocycles. The molecule has 0 amide bonds. The number of hydrogen-bond acceptors (Lipinski definition) is 4. The van der Waals surface area contributed by atoms with E-state index in [9.17, 15) is 13.5 Å². The molecule has 0 aliphatic heterocycles. The van der Waals surface area contributed by atoms with Gasteiger partial charge in [-0.05, 0) is 31.5 Å². The van der Waals surface area contributed by atoms with Gasteiger partial charge in [0.2, 0.25) is 0 Å². The molecule has 3 N–H and O–H groups in total. The van der Waals surface area contributed by atoms with Crippen molar-refractivity contribution in [2.45, 2.75) is 30.6 Å². The number of hydrogen-bond donors (Lipinski definition) is 2. The number of aliphatic hydroxyl groups excluding tert-OH is 1. The number of benzene rings is 1. The smallest absolute Gasteiger partial charge is 0.155 e. The Morgan fingerprint density at radius 1 is 1.35 bits per heavy atom. The maximum absolute atomic E-state index is 11.8. The van der Waals surface area contributed by atoms with Crippen LogP contribution >= 0.6 is 23.2 Å². The third-order valence-electron chi connectivity index (χ3n) is 3.66. The fourth-order valence-corrected chi connectivity index (χ4v) is 3.08. The first-order valence-corrected chi connectivity index (χ1v) is 8.69. The van der Waals surface area contributed by atoms with Crippen molar-refractivity contribution in [2.24, 2.45) is 5.73 Å². The molecule has 4 nitrogen and oxygen atoms in total. The van der Waals surface area contributed by atoms with Crippen LogP contribution < -0.4 is 5.73 Å². The minimum absolute atomic E-state index is 0.0709. The van der Waals surface area contributed by atoms with Gasteiger partial charge in [-0.1, -0.05) is 29.3 Å². The van der Waals surface area contributed by atoms with Gasteiger partial charge >= 0.3 is 0 Å². The summed E-state index contributed by atoms with van der Waals surface area (Å²) in [7, 11) is -3.46. The standard InChI is InChI=1S/C13H19Cl2NO3S/c1-13(2,20(3,18)19)12(17)10(7-16)9-5-4-8(14)6-11(9)15/h4-6,10,12,17H,7,16H2,1-3H3. The highest BCUT2D eigenvalue weighted by atomic mass is 35.5. The van der Waals surface area contributed by atoms with Crippen LogP contribution in [0, 0.1) is 0 Å². The maximum atomic E-state index is 11.8. The topological polar surface area (TPSA) is 80.4 Å². The van der Waals surface area contributed by atoms with Crippen molar-refractivity contribution in [1.29, 1.82) is 0 Å². The van der Waals surface area contributed by atoms with Crippen LogP contribution in [0.25, 0.3) is 0 Å². The monoisotopic (exact) mass is 339 g/mol. The molecule has 0 aromatic heterocycles. The van der Waals surface area contributed by atoms with E-state index in [0.717, 1.165) is 6.26 Å².